The molecule has 0 saturated heterocycles. The van der Waals surface area contributed by atoms with Gasteiger partial charge in [-0.25, -0.2) is 0 Å². The van der Waals surface area contributed by atoms with Gasteiger partial charge in [-0.2, -0.15) is 0 Å². The molecule has 0 unspecified atom stereocenters. The van der Waals surface area contributed by atoms with Gasteiger partial charge in [-0.05, 0) is 43.9 Å². The Kier molecular flexibility index (Phi) is 3.49. The highest BCUT2D eigenvalue weighted by Gasteiger charge is 2.03. The average molecular weight is 177 g/mol. The lowest BCUT2D eigenvalue weighted by Gasteiger charge is -2.11. The van der Waals surface area contributed by atoms with Gasteiger partial charge in [-0.3, -0.25) is 0 Å². The molecule has 1 nitrogen and oxygen atoms in total. The molecule has 0 spiro atoms. The van der Waals surface area contributed by atoms with Crippen LogP contribution in [-0.4, -0.2) is 6.54 Å². The van der Waals surface area contributed by atoms with Crippen LogP contribution in [0.5, 0.6) is 0 Å². The van der Waals surface area contributed by atoms with Gasteiger partial charge in [0, 0.05) is 0 Å². The number of hydrogen-bond acceptors (Lipinski definition) is 1. The Hall–Kier alpha value is -0.820. The molecule has 72 valence electrons. The molecule has 0 fully saturated rings. The second kappa shape index (κ2) is 4.43. The first-order valence-electron chi connectivity index (χ1n) is 4.89. The summed E-state index contributed by atoms with van der Waals surface area (Å²) in [5, 5.41) is 0. The second-order valence-corrected chi connectivity index (χ2v) is 3.97. The molecule has 13 heavy (non-hydrogen) atoms. The largest absolute Gasteiger partial charge is 0.330 e. The molecule has 2 N–H and O–H groups in total. The molecule has 0 bridgehead atoms. The van der Waals surface area contributed by atoms with Crippen molar-refractivity contribution in [3.63, 3.8) is 0 Å². The van der Waals surface area contributed by atoms with Gasteiger partial charge < -0.3 is 5.73 Å². The average Bonchev–Trinajstić information content (AvgIpc) is 2.09. The predicted molar refractivity (Wildman–Crippen MR) is 57.8 cm³/mol. The zero-order valence-electron chi connectivity index (χ0n) is 8.80. The molecule has 0 radical (unpaired) electrons. The summed E-state index contributed by atoms with van der Waals surface area (Å²) in [6.07, 6.45) is 1.10. The van der Waals surface area contributed by atoms with Crippen LogP contribution in [0.4, 0.5) is 0 Å². The summed E-state index contributed by atoms with van der Waals surface area (Å²) in [4.78, 5) is 0. The maximum atomic E-state index is 5.60. The van der Waals surface area contributed by atoms with Crippen LogP contribution in [0.2, 0.25) is 0 Å². The smallest absolute Gasteiger partial charge is 0.00483 e. The molecule has 0 saturated carbocycles. The van der Waals surface area contributed by atoms with Crippen LogP contribution in [0.1, 0.15) is 23.6 Å². The van der Waals surface area contributed by atoms with E-state index in [1.54, 1.807) is 0 Å². The molecular weight excluding hydrogens is 158 g/mol. The van der Waals surface area contributed by atoms with Gasteiger partial charge in [0.15, 0.2) is 0 Å². The third kappa shape index (κ3) is 2.85. The fourth-order valence-electron chi connectivity index (χ4n) is 1.53. The summed E-state index contributed by atoms with van der Waals surface area (Å²) >= 11 is 0. The summed E-state index contributed by atoms with van der Waals surface area (Å²) in [5.74, 6) is 0.585. The van der Waals surface area contributed by atoms with E-state index in [-0.39, 0.29) is 0 Å². The Bertz CT molecular complexity index is 278. The lowest BCUT2D eigenvalue weighted by molar-refractivity contribution is 0.591. The lowest BCUT2D eigenvalue weighted by atomic mass is 9.96. The fourth-order valence-corrected chi connectivity index (χ4v) is 1.53. The van der Waals surface area contributed by atoms with Crippen molar-refractivity contribution in [3.05, 3.63) is 34.9 Å². The van der Waals surface area contributed by atoms with Crippen molar-refractivity contribution in [1.82, 2.24) is 0 Å². The first-order chi connectivity index (χ1) is 6.13. The van der Waals surface area contributed by atoms with Crippen LogP contribution in [0, 0.1) is 19.8 Å². The van der Waals surface area contributed by atoms with E-state index in [0.717, 1.165) is 13.0 Å². The number of nitrogens with two attached hydrogens (primary N) is 1. The first-order valence-corrected chi connectivity index (χ1v) is 4.89. The molecule has 1 aromatic carbocycles. The van der Waals surface area contributed by atoms with Gasteiger partial charge in [-0.1, -0.05) is 30.7 Å². The van der Waals surface area contributed by atoms with Gasteiger partial charge in [0.2, 0.25) is 0 Å². The van der Waals surface area contributed by atoms with Crippen LogP contribution in [-0.2, 0) is 6.42 Å². The molecule has 1 atom stereocenters. The Labute approximate surface area is 81.0 Å². The monoisotopic (exact) mass is 177 g/mol. The van der Waals surface area contributed by atoms with Crippen molar-refractivity contribution in [3.8, 4) is 0 Å². The maximum absolute atomic E-state index is 5.60. The molecule has 0 aromatic heterocycles. The minimum absolute atomic E-state index is 0.585. The topological polar surface area (TPSA) is 26.0 Å². The van der Waals surface area contributed by atoms with Crippen LogP contribution in [0.3, 0.4) is 0 Å². The number of hydrogen-bond donors (Lipinski definition) is 1. The molecular formula is C12H19N. The van der Waals surface area contributed by atoms with Gasteiger partial charge >= 0.3 is 0 Å². The van der Waals surface area contributed by atoms with E-state index in [2.05, 4.69) is 39.0 Å². The highest BCUT2D eigenvalue weighted by atomic mass is 14.5. The van der Waals surface area contributed by atoms with E-state index in [0.29, 0.717) is 5.92 Å². The third-order valence-corrected chi connectivity index (χ3v) is 2.47. The fraction of sp³-hybridized carbons (Fsp3) is 0.500. The van der Waals surface area contributed by atoms with Gasteiger partial charge in [0.25, 0.3) is 0 Å². The molecule has 0 aliphatic heterocycles. The summed E-state index contributed by atoms with van der Waals surface area (Å²) in [5.41, 5.74) is 9.76. The molecule has 1 heteroatoms. The van der Waals surface area contributed by atoms with E-state index < -0.39 is 0 Å². The molecule has 0 aliphatic carbocycles. The third-order valence-electron chi connectivity index (χ3n) is 2.47. The van der Waals surface area contributed by atoms with Crippen LogP contribution in [0.15, 0.2) is 18.2 Å². The summed E-state index contributed by atoms with van der Waals surface area (Å²) in [7, 11) is 0. The van der Waals surface area contributed by atoms with Crippen LogP contribution < -0.4 is 5.73 Å². The van der Waals surface area contributed by atoms with E-state index in [1.807, 2.05) is 0 Å². The highest BCUT2D eigenvalue weighted by Crippen LogP contribution is 2.14. The van der Waals surface area contributed by atoms with E-state index in [9.17, 15) is 0 Å². The van der Waals surface area contributed by atoms with Crippen LogP contribution >= 0.6 is 0 Å². The quantitative estimate of drug-likeness (QED) is 0.754. The van der Waals surface area contributed by atoms with Gasteiger partial charge in [0.1, 0.15) is 0 Å². The summed E-state index contributed by atoms with van der Waals surface area (Å²) in [6.45, 7) is 7.27. The van der Waals surface area contributed by atoms with Crippen molar-refractivity contribution in [1.29, 1.82) is 0 Å². The summed E-state index contributed by atoms with van der Waals surface area (Å²) in [6, 6.07) is 6.63. The Morgan fingerprint density at radius 2 is 2.00 bits per heavy atom. The predicted octanol–water partition coefficient (Wildman–Crippen LogP) is 2.44. The van der Waals surface area contributed by atoms with Crippen molar-refractivity contribution in [2.24, 2.45) is 11.7 Å². The lowest BCUT2D eigenvalue weighted by Crippen LogP contribution is -2.13. The summed E-state index contributed by atoms with van der Waals surface area (Å²) < 4.78 is 0. The molecule has 0 heterocycles. The van der Waals surface area contributed by atoms with Crippen molar-refractivity contribution in [2.75, 3.05) is 6.54 Å². The van der Waals surface area contributed by atoms with Crippen molar-refractivity contribution < 1.29 is 0 Å². The minimum atomic E-state index is 0.585. The Morgan fingerprint density at radius 3 is 2.54 bits per heavy atom. The number of rotatable bonds is 3. The van der Waals surface area contributed by atoms with E-state index in [4.69, 9.17) is 5.73 Å². The Balaban J connectivity index is 2.77. The first kappa shape index (κ1) is 10.3. The number of aryl methyl sites for hydroxylation is 2. The normalized spacial score (nSPS) is 12.9. The van der Waals surface area contributed by atoms with Crippen LogP contribution in [0.25, 0.3) is 0 Å². The van der Waals surface area contributed by atoms with Crippen molar-refractivity contribution >= 4 is 0 Å². The zero-order valence-corrected chi connectivity index (χ0v) is 8.80. The van der Waals surface area contributed by atoms with Gasteiger partial charge in [0.05, 0.1) is 0 Å². The zero-order chi connectivity index (χ0) is 9.84. The molecule has 1 rings (SSSR count). The van der Waals surface area contributed by atoms with E-state index >= 15 is 0 Å². The Morgan fingerprint density at radius 1 is 1.31 bits per heavy atom. The SMILES string of the molecule is Cc1ccc(C[C@H](C)CN)c(C)c1. The van der Waals surface area contributed by atoms with E-state index in [1.165, 1.54) is 16.7 Å². The molecule has 0 aliphatic rings. The van der Waals surface area contributed by atoms with Crippen molar-refractivity contribution in [2.45, 2.75) is 27.2 Å². The number of benzene rings is 1. The second-order valence-electron chi connectivity index (χ2n) is 3.97. The molecule has 0 amide bonds. The standard InChI is InChI=1S/C12H19N/c1-9-4-5-12(11(3)6-9)7-10(2)8-13/h4-6,10H,7-8,13H2,1-3H3/t10-/m0/s1. The van der Waals surface area contributed by atoms with Gasteiger partial charge in [-0.15, -0.1) is 0 Å². The minimum Gasteiger partial charge on any atom is -0.330 e. The molecule has 1 aromatic rings. The maximum Gasteiger partial charge on any atom is -0.00483 e. The highest BCUT2D eigenvalue weighted by molar-refractivity contribution is 5.30.